The molecule has 0 N–H and O–H groups in total. The molecule has 3 aromatic carbocycles. The van der Waals surface area contributed by atoms with Gasteiger partial charge < -0.3 is 14.4 Å². The van der Waals surface area contributed by atoms with Gasteiger partial charge in [0.1, 0.15) is 0 Å². The van der Waals surface area contributed by atoms with Gasteiger partial charge in [-0.05, 0) is 67.6 Å². The second kappa shape index (κ2) is 12.4. The van der Waals surface area contributed by atoms with Crippen molar-refractivity contribution in [1.82, 2.24) is 15.0 Å². The van der Waals surface area contributed by atoms with Crippen molar-refractivity contribution < 1.29 is 24.5 Å². The maximum Gasteiger partial charge on any atom is 0.216 e. The van der Waals surface area contributed by atoms with Crippen LogP contribution in [-0.4, -0.2) is 15.0 Å². The summed E-state index contributed by atoms with van der Waals surface area (Å²) in [6.07, 6.45) is 3.60. The first-order valence-corrected chi connectivity index (χ1v) is 13.2. The predicted molar refractivity (Wildman–Crippen MR) is 162 cm³/mol. The van der Waals surface area contributed by atoms with Crippen molar-refractivity contribution >= 4 is 22.1 Å². The predicted octanol–water partition coefficient (Wildman–Crippen LogP) is 8.98. The summed E-state index contributed by atoms with van der Waals surface area (Å²) in [6.45, 7) is 6.29. The number of nitrogens with zero attached hydrogens (tertiary/aromatic N) is 3. The number of fused-ring (bicyclic) bond motifs is 3. The number of hydrogen-bond donors (Lipinski definition) is 0. The van der Waals surface area contributed by atoms with Crippen LogP contribution in [-0.2, 0) is 20.1 Å². The van der Waals surface area contributed by atoms with Crippen molar-refractivity contribution in [1.29, 1.82) is 0 Å². The minimum Gasteiger partial charge on any atom is -0.486 e. The van der Waals surface area contributed by atoms with Crippen LogP contribution in [0.3, 0.4) is 0 Å². The summed E-state index contributed by atoms with van der Waals surface area (Å²) >= 11 is 0. The first-order valence-electron chi connectivity index (χ1n) is 13.2. The van der Waals surface area contributed by atoms with E-state index in [4.69, 9.17) is 9.40 Å². The van der Waals surface area contributed by atoms with Gasteiger partial charge in [0.2, 0.25) is 5.71 Å². The summed E-state index contributed by atoms with van der Waals surface area (Å²) in [4.78, 5) is 13.6. The topological polar surface area (TPSA) is 51.8 Å². The van der Waals surface area contributed by atoms with Gasteiger partial charge in [-0.2, -0.15) is 0 Å². The van der Waals surface area contributed by atoms with Crippen molar-refractivity contribution in [2.24, 2.45) is 0 Å². The van der Waals surface area contributed by atoms with Gasteiger partial charge in [0.15, 0.2) is 0 Å². The molecule has 1 radical (unpaired) electrons. The monoisotopic (exact) mass is 710 g/mol. The molecule has 0 saturated heterocycles. The van der Waals surface area contributed by atoms with E-state index < -0.39 is 0 Å². The van der Waals surface area contributed by atoms with E-state index in [9.17, 15) is 0 Å². The van der Waals surface area contributed by atoms with E-state index in [0.29, 0.717) is 5.71 Å². The third-order valence-corrected chi connectivity index (χ3v) is 6.86. The normalized spacial score (nSPS) is 10.6. The van der Waals surface area contributed by atoms with Gasteiger partial charge >= 0.3 is 0 Å². The van der Waals surface area contributed by atoms with Gasteiger partial charge in [-0.15, -0.1) is 54.1 Å². The molecule has 7 aromatic rings. The molecule has 5 heteroatoms. The smallest absolute Gasteiger partial charge is 0.216 e. The van der Waals surface area contributed by atoms with Crippen molar-refractivity contribution in [3.63, 3.8) is 0 Å². The van der Waals surface area contributed by atoms with E-state index in [0.717, 1.165) is 55.7 Å². The van der Waals surface area contributed by atoms with Crippen LogP contribution in [0.1, 0.15) is 16.7 Å². The number of aryl methyl sites for hydroxylation is 3. The van der Waals surface area contributed by atoms with Gasteiger partial charge in [-0.1, -0.05) is 52.9 Å². The molecular formula is C36H27IrN3O-2. The Morgan fingerprint density at radius 2 is 1.44 bits per heavy atom. The average molecular weight is 710 g/mol. The number of aromatic nitrogens is 3. The van der Waals surface area contributed by atoms with Crippen LogP contribution in [0.2, 0.25) is 0 Å². The van der Waals surface area contributed by atoms with Crippen LogP contribution in [0.15, 0.2) is 114 Å². The van der Waals surface area contributed by atoms with Crippen LogP contribution in [0.4, 0.5) is 0 Å². The number of rotatable bonds is 3. The number of pyridine rings is 3. The summed E-state index contributed by atoms with van der Waals surface area (Å²) in [5.74, 6) is 0. The maximum atomic E-state index is 6.24. The molecule has 0 bridgehead atoms. The molecule has 0 saturated carbocycles. The number of hydrogen-bond acceptors (Lipinski definition) is 4. The Morgan fingerprint density at radius 3 is 2.17 bits per heavy atom. The van der Waals surface area contributed by atoms with Crippen LogP contribution in [0, 0.1) is 32.9 Å². The van der Waals surface area contributed by atoms with Crippen molar-refractivity contribution in [2.45, 2.75) is 20.8 Å². The minimum absolute atomic E-state index is 0. The molecule has 0 aliphatic rings. The average Bonchev–Trinajstić information content (AvgIpc) is 3.36. The van der Waals surface area contributed by atoms with Crippen molar-refractivity contribution in [2.75, 3.05) is 0 Å². The van der Waals surface area contributed by atoms with Gasteiger partial charge in [-0.3, -0.25) is 0 Å². The van der Waals surface area contributed by atoms with E-state index in [1.54, 1.807) is 6.20 Å². The van der Waals surface area contributed by atoms with Crippen molar-refractivity contribution in [3.05, 3.63) is 138 Å². The number of furan rings is 1. The Balaban J connectivity index is 0.000000218. The van der Waals surface area contributed by atoms with Crippen LogP contribution < -0.4 is 0 Å². The molecule has 4 aromatic heterocycles. The minimum atomic E-state index is 0. The van der Waals surface area contributed by atoms with Crippen LogP contribution in [0.5, 0.6) is 0 Å². The summed E-state index contributed by atoms with van der Waals surface area (Å²) in [5, 5.41) is 2.04. The fourth-order valence-electron chi connectivity index (χ4n) is 4.92. The summed E-state index contributed by atoms with van der Waals surface area (Å²) in [6, 6.07) is 38.6. The summed E-state index contributed by atoms with van der Waals surface area (Å²) in [5.41, 5.74) is 10.8. The SMILES string of the molecule is Cc1ccnc(-c2[c-]ccc3c2oc2nc(-c4c(C)cccc4C)ccc23)c1.[Ir].[c-]1ccccc1-c1ccccn1. The van der Waals surface area contributed by atoms with E-state index in [1.165, 1.54) is 11.1 Å². The van der Waals surface area contributed by atoms with E-state index in [2.05, 4.69) is 73.2 Å². The molecule has 203 valence electrons. The van der Waals surface area contributed by atoms with E-state index >= 15 is 0 Å². The van der Waals surface area contributed by atoms with Gasteiger partial charge in [-0.25, -0.2) is 4.98 Å². The van der Waals surface area contributed by atoms with Gasteiger partial charge in [0.25, 0.3) is 0 Å². The Labute approximate surface area is 253 Å². The fraction of sp³-hybridized carbons (Fsp3) is 0.0833. The zero-order valence-corrected chi connectivity index (χ0v) is 25.4. The van der Waals surface area contributed by atoms with E-state index in [-0.39, 0.29) is 20.1 Å². The second-order valence-electron chi connectivity index (χ2n) is 9.72. The van der Waals surface area contributed by atoms with Gasteiger partial charge in [0, 0.05) is 43.4 Å². The third kappa shape index (κ3) is 5.88. The van der Waals surface area contributed by atoms with Gasteiger partial charge in [0.05, 0.1) is 11.3 Å². The molecule has 0 aliphatic carbocycles. The Morgan fingerprint density at radius 1 is 0.634 bits per heavy atom. The summed E-state index contributed by atoms with van der Waals surface area (Å²) < 4.78 is 6.24. The zero-order chi connectivity index (χ0) is 27.5. The Bertz CT molecular complexity index is 1870. The maximum absolute atomic E-state index is 6.24. The molecule has 0 unspecified atom stereocenters. The Hall–Kier alpha value is -4.44. The molecule has 41 heavy (non-hydrogen) atoms. The number of benzene rings is 3. The summed E-state index contributed by atoms with van der Waals surface area (Å²) in [7, 11) is 0. The fourth-order valence-corrected chi connectivity index (χ4v) is 4.92. The molecule has 0 amide bonds. The van der Waals surface area contributed by atoms with Crippen LogP contribution >= 0.6 is 0 Å². The Kier molecular flexibility index (Phi) is 8.49. The molecule has 0 fully saturated rings. The standard InChI is InChI=1S/C25H19N2O.C11H8N.Ir/c1-15-12-13-26-22(14-15)20-9-5-8-18-19-10-11-21(27-25(19)28-24(18)20)23-16(2)6-4-7-17(23)3;1-2-6-10(7-3-1)11-8-4-5-9-12-11;/h4-8,10-14H,1-3H3;1-6,8-9H;/q2*-1;. The van der Waals surface area contributed by atoms with E-state index in [1.807, 2.05) is 72.9 Å². The molecule has 0 spiro atoms. The molecule has 7 rings (SSSR count). The molecule has 4 heterocycles. The van der Waals surface area contributed by atoms with Crippen molar-refractivity contribution in [3.8, 4) is 33.8 Å². The van der Waals surface area contributed by atoms with Crippen LogP contribution in [0.25, 0.3) is 55.8 Å². The molecule has 0 aliphatic heterocycles. The quantitative estimate of drug-likeness (QED) is 0.172. The second-order valence-corrected chi connectivity index (χ2v) is 9.72. The largest absolute Gasteiger partial charge is 0.486 e. The molecule has 4 nitrogen and oxygen atoms in total. The molecular weight excluding hydrogens is 683 g/mol. The third-order valence-electron chi connectivity index (χ3n) is 6.86. The first kappa shape index (κ1) is 28.1. The zero-order valence-electron chi connectivity index (χ0n) is 23.0. The molecule has 0 atom stereocenters. The first-order chi connectivity index (χ1) is 19.6.